The molecule has 0 unspecified atom stereocenters. The molecule has 7 nitrogen and oxygen atoms in total. The molecular formula is C18H19N5O2. The van der Waals surface area contributed by atoms with E-state index in [0.717, 1.165) is 39.7 Å². The van der Waals surface area contributed by atoms with Crippen LogP contribution in [0.25, 0.3) is 21.5 Å². The SMILES string of the molecule is COc1ccc(N(C)c2ccc3oc(C)c(CCN=[N+]=[N-])c3n2)cc1. The molecule has 0 saturated heterocycles. The first-order valence-corrected chi connectivity index (χ1v) is 7.91. The maximum absolute atomic E-state index is 8.46. The highest BCUT2D eigenvalue weighted by atomic mass is 16.5. The summed E-state index contributed by atoms with van der Waals surface area (Å²) in [4.78, 5) is 9.56. The van der Waals surface area contributed by atoms with Gasteiger partial charge >= 0.3 is 0 Å². The number of aryl methyl sites for hydroxylation is 1. The van der Waals surface area contributed by atoms with E-state index >= 15 is 0 Å². The van der Waals surface area contributed by atoms with E-state index in [1.807, 2.05) is 55.3 Å². The van der Waals surface area contributed by atoms with Gasteiger partial charge in [-0.05, 0) is 55.3 Å². The molecule has 0 atom stereocenters. The van der Waals surface area contributed by atoms with Crippen LogP contribution in [0.3, 0.4) is 0 Å². The van der Waals surface area contributed by atoms with Gasteiger partial charge in [0.15, 0.2) is 5.58 Å². The number of benzene rings is 1. The molecule has 3 rings (SSSR count). The first-order valence-electron chi connectivity index (χ1n) is 7.91. The van der Waals surface area contributed by atoms with Crippen molar-refractivity contribution >= 4 is 22.6 Å². The van der Waals surface area contributed by atoms with Gasteiger partial charge in [-0.3, -0.25) is 0 Å². The van der Waals surface area contributed by atoms with Crippen LogP contribution in [-0.2, 0) is 6.42 Å². The quantitative estimate of drug-likeness (QED) is 0.368. The summed E-state index contributed by atoms with van der Waals surface area (Å²) in [5, 5.41) is 3.60. The number of hydrogen-bond donors (Lipinski definition) is 0. The monoisotopic (exact) mass is 337 g/mol. The van der Waals surface area contributed by atoms with Gasteiger partial charge in [0.1, 0.15) is 22.8 Å². The van der Waals surface area contributed by atoms with E-state index < -0.39 is 0 Å². The van der Waals surface area contributed by atoms with Crippen molar-refractivity contribution < 1.29 is 9.15 Å². The Morgan fingerprint density at radius 3 is 2.68 bits per heavy atom. The van der Waals surface area contributed by atoms with Gasteiger partial charge in [-0.15, -0.1) is 0 Å². The minimum Gasteiger partial charge on any atom is -0.497 e. The van der Waals surface area contributed by atoms with Crippen LogP contribution in [0.1, 0.15) is 11.3 Å². The van der Waals surface area contributed by atoms with Crippen molar-refractivity contribution in [3.8, 4) is 5.75 Å². The van der Waals surface area contributed by atoms with Crippen molar-refractivity contribution in [3.63, 3.8) is 0 Å². The number of hydrogen-bond acceptors (Lipinski definition) is 5. The van der Waals surface area contributed by atoms with Crippen LogP contribution in [0.4, 0.5) is 11.5 Å². The molecule has 0 fully saturated rings. The van der Waals surface area contributed by atoms with Crippen molar-refractivity contribution in [1.82, 2.24) is 4.98 Å². The number of furan rings is 1. The van der Waals surface area contributed by atoms with E-state index in [-0.39, 0.29) is 0 Å². The Hall–Kier alpha value is -3.18. The maximum Gasteiger partial charge on any atom is 0.153 e. The van der Waals surface area contributed by atoms with E-state index in [2.05, 4.69) is 10.0 Å². The molecule has 1 aromatic carbocycles. The maximum atomic E-state index is 8.46. The van der Waals surface area contributed by atoms with Crippen LogP contribution in [-0.4, -0.2) is 25.7 Å². The lowest BCUT2D eigenvalue weighted by atomic mass is 10.1. The van der Waals surface area contributed by atoms with Crippen molar-refractivity contribution in [2.75, 3.05) is 25.6 Å². The summed E-state index contributed by atoms with van der Waals surface area (Å²) in [5.74, 6) is 2.43. The Labute approximate surface area is 145 Å². The molecule has 0 N–H and O–H groups in total. The Balaban J connectivity index is 1.95. The van der Waals surface area contributed by atoms with E-state index in [4.69, 9.17) is 19.7 Å². The first kappa shape index (κ1) is 16.7. The van der Waals surface area contributed by atoms with Crippen LogP contribution in [0.15, 0.2) is 45.9 Å². The molecule has 0 spiro atoms. The molecule has 0 aliphatic rings. The summed E-state index contributed by atoms with van der Waals surface area (Å²) in [7, 11) is 3.61. The summed E-state index contributed by atoms with van der Waals surface area (Å²) in [6, 6.07) is 11.6. The second-order valence-electron chi connectivity index (χ2n) is 5.61. The molecule has 2 aromatic heterocycles. The van der Waals surface area contributed by atoms with Gasteiger partial charge in [0, 0.05) is 29.8 Å². The summed E-state index contributed by atoms with van der Waals surface area (Å²) < 4.78 is 11.0. The Morgan fingerprint density at radius 2 is 2.00 bits per heavy atom. The van der Waals surface area contributed by atoms with Gasteiger partial charge in [0.05, 0.1) is 7.11 Å². The molecule has 3 aromatic rings. The predicted octanol–water partition coefficient (Wildman–Crippen LogP) is 4.77. The Bertz CT molecular complexity index is 927. The molecule has 25 heavy (non-hydrogen) atoms. The summed E-state index contributed by atoms with van der Waals surface area (Å²) in [6.45, 7) is 2.28. The third kappa shape index (κ3) is 3.36. The summed E-state index contributed by atoms with van der Waals surface area (Å²) >= 11 is 0. The average Bonchev–Trinajstić information content (AvgIpc) is 2.96. The second-order valence-corrected chi connectivity index (χ2v) is 5.61. The van der Waals surface area contributed by atoms with Gasteiger partial charge in [0.25, 0.3) is 0 Å². The number of methoxy groups -OCH3 is 1. The third-order valence-corrected chi connectivity index (χ3v) is 4.15. The van der Waals surface area contributed by atoms with E-state index in [9.17, 15) is 0 Å². The smallest absolute Gasteiger partial charge is 0.153 e. The standard InChI is InChI=1S/C18H19N5O2/c1-12-15(10-11-20-22-19)18-16(25-12)8-9-17(21-18)23(2)13-4-6-14(24-3)7-5-13/h4-9H,10-11H2,1-3H3. The summed E-state index contributed by atoms with van der Waals surface area (Å²) in [5.41, 5.74) is 12.0. The fourth-order valence-corrected chi connectivity index (χ4v) is 2.75. The molecule has 128 valence electrons. The summed E-state index contributed by atoms with van der Waals surface area (Å²) in [6.07, 6.45) is 0.603. The fourth-order valence-electron chi connectivity index (χ4n) is 2.75. The van der Waals surface area contributed by atoms with Crippen molar-refractivity contribution in [1.29, 1.82) is 0 Å². The lowest BCUT2D eigenvalue weighted by molar-refractivity contribution is 0.415. The first-order chi connectivity index (χ1) is 12.1. The minimum absolute atomic E-state index is 0.381. The van der Waals surface area contributed by atoms with Gasteiger partial charge < -0.3 is 14.1 Å². The van der Waals surface area contributed by atoms with Crippen molar-refractivity contribution in [2.24, 2.45) is 5.11 Å². The number of aromatic nitrogens is 1. The number of anilines is 2. The number of rotatable bonds is 6. The molecule has 0 bridgehead atoms. The number of azide groups is 1. The Morgan fingerprint density at radius 1 is 1.24 bits per heavy atom. The zero-order valence-corrected chi connectivity index (χ0v) is 14.4. The van der Waals surface area contributed by atoms with Crippen LogP contribution in [0.5, 0.6) is 5.75 Å². The predicted molar refractivity (Wildman–Crippen MR) is 97.5 cm³/mol. The lowest BCUT2D eigenvalue weighted by Gasteiger charge is -2.18. The van der Waals surface area contributed by atoms with Crippen molar-refractivity contribution in [3.05, 3.63) is 58.2 Å². The molecule has 0 aliphatic heterocycles. The fraction of sp³-hybridized carbons (Fsp3) is 0.278. The Kier molecular flexibility index (Phi) is 4.77. The molecule has 0 aliphatic carbocycles. The number of nitrogens with zero attached hydrogens (tertiary/aromatic N) is 5. The topological polar surface area (TPSA) is 87.3 Å². The van der Waals surface area contributed by atoms with Gasteiger partial charge in [-0.1, -0.05) is 5.11 Å². The van der Waals surface area contributed by atoms with Crippen LogP contribution in [0.2, 0.25) is 0 Å². The van der Waals surface area contributed by atoms with Crippen LogP contribution in [0, 0.1) is 6.92 Å². The lowest BCUT2D eigenvalue weighted by Crippen LogP contribution is -2.11. The molecular weight excluding hydrogens is 318 g/mol. The molecule has 0 saturated carbocycles. The van der Waals surface area contributed by atoms with Gasteiger partial charge in [-0.2, -0.15) is 0 Å². The normalized spacial score (nSPS) is 10.5. The molecule has 0 amide bonds. The molecule has 7 heteroatoms. The zero-order valence-electron chi connectivity index (χ0n) is 14.4. The highest BCUT2D eigenvalue weighted by Crippen LogP contribution is 2.29. The minimum atomic E-state index is 0.381. The van der Waals surface area contributed by atoms with E-state index in [0.29, 0.717) is 13.0 Å². The van der Waals surface area contributed by atoms with Crippen LogP contribution >= 0.6 is 0 Å². The zero-order chi connectivity index (χ0) is 17.8. The van der Waals surface area contributed by atoms with Crippen molar-refractivity contribution in [2.45, 2.75) is 13.3 Å². The molecule has 0 radical (unpaired) electrons. The third-order valence-electron chi connectivity index (χ3n) is 4.15. The number of pyridine rings is 1. The van der Waals surface area contributed by atoms with Gasteiger partial charge in [-0.25, -0.2) is 4.98 Å². The average molecular weight is 337 g/mol. The second kappa shape index (κ2) is 7.15. The van der Waals surface area contributed by atoms with Gasteiger partial charge in [0.2, 0.25) is 0 Å². The van der Waals surface area contributed by atoms with E-state index in [1.54, 1.807) is 7.11 Å². The van der Waals surface area contributed by atoms with Crippen LogP contribution < -0.4 is 9.64 Å². The number of ether oxygens (including phenoxy) is 1. The highest BCUT2D eigenvalue weighted by molar-refractivity contribution is 5.80. The number of fused-ring (bicyclic) bond motifs is 1. The highest BCUT2D eigenvalue weighted by Gasteiger charge is 2.14. The largest absolute Gasteiger partial charge is 0.497 e. The molecule has 2 heterocycles. The van der Waals surface area contributed by atoms with E-state index in [1.165, 1.54) is 0 Å².